The highest BCUT2D eigenvalue weighted by atomic mass is 19.1. The van der Waals surface area contributed by atoms with Crippen LogP contribution >= 0.6 is 0 Å². The molecule has 0 saturated carbocycles. The first-order chi connectivity index (χ1) is 6.86. The van der Waals surface area contributed by atoms with Gasteiger partial charge in [0.15, 0.2) is 11.5 Å². The van der Waals surface area contributed by atoms with Crippen LogP contribution in [0.5, 0.6) is 5.75 Å². The van der Waals surface area contributed by atoms with Gasteiger partial charge in [-0.05, 0) is 13.0 Å². The molecule has 0 unspecified atom stereocenters. The Labute approximate surface area is 83.8 Å². The number of nitro benzene ring substituents is 1. The summed E-state index contributed by atoms with van der Waals surface area (Å²) in [5.74, 6) is -1.81. The van der Waals surface area contributed by atoms with Crippen molar-refractivity contribution in [2.45, 2.75) is 6.92 Å². The maximum Gasteiger partial charge on any atom is 0.337 e. The molecular formula is C8H8FN3O3. The van der Waals surface area contributed by atoms with Crippen LogP contribution in [0.15, 0.2) is 6.07 Å². The Morgan fingerprint density at radius 1 is 1.73 bits per heavy atom. The number of nitro groups is 1. The van der Waals surface area contributed by atoms with Crippen LogP contribution in [0.2, 0.25) is 0 Å². The fraction of sp³-hybridized carbons (Fsp3) is 0.125. The van der Waals surface area contributed by atoms with Gasteiger partial charge in [-0.1, -0.05) is 0 Å². The number of benzene rings is 1. The maximum absolute atomic E-state index is 13.1. The van der Waals surface area contributed by atoms with Crippen molar-refractivity contribution in [3.05, 3.63) is 27.6 Å². The number of aromatic hydroxyl groups is 1. The van der Waals surface area contributed by atoms with Crippen LogP contribution in [0.3, 0.4) is 0 Å². The standard InChI is InChI=1S/C8H8FN3O3/c1-3(10)4-2-5(9)6(11)7(8(4)13)12(14)15/h2,10,13H,11H2,1H3. The summed E-state index contributed by atoms with van der Waals surface area (Å²) in [5.41, 5.74) is 3.04. The quantitative estimate of drug-likeness (QED) is 0.298. The summed E-state index contributed by atoms with van der Waals surface area (Å²) in [7, 11) is 0. The van der Waals surface area contributed by atoms with Crippen LogP contribution in [-0.4, -0.2) is 15.7 Å². The average molecular weight is 213 g/mol. The van der Waals surface area contributed by atoms with E-state index in [4.69, 9.17) is 11.1 Å². The first-order valence-electron chi connectivity index (χ1n) is 3.87. The largest absolute Gasteiger partial charge is 0.502 e. The molecule has 1 aromatic carbocycles. The van der Waals surface area contributed by atoms with Gasteiger partial charge in [0.2, 0.25) is 5.75 Å². The number of hydrogen-bond acceptors (Lipinski definition) is 5. The van der Waals surface area contributed by atoms with Gasteiger partial charge in [0, 0.05) is 11.3 Å². The summed E-state index contributed by atoms with van der Waals surface area (Å²) in [6.45, 7) is 1.27. The third-order valence-corrected chi connectivity index (χ3v) is 1.85. The Morgan fingerprint density at radius 3 is 2.67 bits per heavy atom. The SMILES string of the molecule is CC(=N)c1cc(F)c(N)c([N+](=O)[O-])c1O. The lowest BCUT2D eigenvalue weighted by molar-refractivity contribution is -0.385. The zero-order chi connectivity index (χ0) is 11.7. The van der Waals surface area contributed by atoms with E-state index in [-0.39, 0.29) is 11.3 Å². The van der Waals surface area contributed by atoms with Gasteiger partial charge in [-0.25, -0.2) is 4.39 Å². The summed E-state index contributed by atoms with van der Waals surface area (Å²) in [5, 5.41) is 27.1. The number of nitrogen functional groups attached to an aromatic ring is 1. The molecule has 0 radical (unpaired) electrons. The Morgan fingerprint density at radius 2 is 2.27 bits per heavy atom. The van der Waals surface area contributed by atoms with Crippen LogP contribution in [0.4, 0.5) is 15.8 Å². The van der Waals surface area contributed by atoms with E-state index >= 15 is 0 Å². The lowest BCUT2D eigenvalue weighted by Gasteiger charge is -2.06. The van der Waals surface area contributed by atoms with E-state index in [0.717, 1.165) is 6.07 Å². The van der Waals surface area contributed by atoms with Crippen molar-refractivity contribution in [3.63, 3.8) is 0 Å². The van der Waals surface area contributed by atoms with Crippen molar-refractivity contribution in [2.75, 3.05) is 5.73 Å². The lowest BCUT2D eigenvalue weighted by Crippen LogP contribution is -2.04. The number of hydrogen-bond donors (Lipinski definition) is 3. The van der Waals surface area contributed by atoms with Crippen LogP contribution < -0.4 is 5.73 Å². The second-order valence-electron chi connectivity index (χ2n) is 2.90. The van der Waals surface area contributed by atoms with Crippen LogP contribution in [0.1, 0.15) is 12.5 Å². The van der Waals surface area contributed by atoms with Gasteiger partial charge >= 0.3 is 5.69 Å². The highest BCUT2D eigenvalue weighted by Gasteiger charge is 2.25. The summed E-state index contributed by atoms with van der Waals surface area (Å²) >= 11 is 0. The van der Waals surface area contributed by atoms with Crippen molar-refractivity contribution < 1.29 is 14.4 Å². The van der Waals surface area contributed by atoms with E-state index in [9.17, 15) is 19.6 Å². The molecule has 80 valence electrons. The number of phenols is 1. The number of rotatable bonds is 2. The Kier molecular flexibility index (Phi) is 2.56. The molecule has 0 spiro atoms. The number of halogens is 1. The van der Waals surface area contributed by atoms with Crippen LogP contribution in [0, 0.1) is 21.3 Å². The monoisotopic (exact) mass is 213 g/mol. The molecule has 0 fully saturated rings. The van der Waals surface area contributed by atoms with E-state index in [1.165, 1.54) is 6.92 Å². The minimum absolute atomic E-state index is 0.186. The summed E-state index contributed by atoms with van der Waals surface area (Å²) in [6, 6.07) is 0.792. The molecule has 1 aromatic rings. The average Bonchev–Trinajstić information content (AvgIpc) is 2.10. The molecule has 0 atom stereocenters. The van der Waals surface area contributed by atoms with Gasteiger partial charge in [0.1, 0.15) is 0 Å². The van der Waals surface area contributed by atoms with Crippen molar-refractivity contribution in [3.8, 4) is 5.75 Å². The number of anilines is 1. The molecule has 0 aliphatic heterocycles. The minimum atomic E-state index is -1.03. The molecule has 15 heavy (non-hydrogen) atoms. The fourth-order valence-corrected chi connectivity index (χ4v) is 1.11. The van der Waals surface area contributed by atoms with Gasteiger partial charge in [-0.15, -0.1) is 0 Å². The van der Waals surface area contributed by atoms with Gasteiger partial charge in [0.25, 0.3) is 0 Å². The smallest absolute Gasteiger partial charge is 0.337 e. The second-order valence-corrected chi connectivity index (χ2v) is 2.90. The Bertz CT molecular complexity index is 459. The molecule has 0 aromatic heterocycles. The molecule has 1 rings (SSSR count). The van der Waals surface area contributed by atoms with E-state index < -0.39 is 27.9 Å². The molecule has 0 aliphatic carbocycles. The number of nitrogens with one attached hydrogen (secondary N) is 1. The molecule has 6 nitrogen and oxygen atoms in total. The first-order valence-corrected chi connectivity index (χ1v) is 3.87. The molecule has 7 heteroatoms. The molecule has 0 saturated heterocycles. The molecular weight excluding hydrogens is 205 g/mol. The van der Waals surface area contributed by atoms with E-state index in [2.05, 4.69) is 0 Å². The zero-order valence-corrected chi connectivity index (χ0v) is 7.74. The minimum Gasteiger partial charge on any atom is -0.502 e. The highest BCUT2D eigenvalue weighted by Crippen LogP contribution is 2.37. The van der Waals surface area contributed by atoms with Gasteiger partial charge in [-0.2, -0.15) is 0 Å². The summed E-state index contributed by atoms with van der Waals surface area (Å²) in [6.07, 6.45) is 0. The van der Waals surface area contributed by atoms with E-state index in [0.29, 0.717) is 0 Å². The third-order valence-electron chi connectivity index (χ3n) is 1.85. The maximum atomic E-state index is 13.1. The first kappa shape index (κ1) is 10.9. The summed E-state index contributed by atoms with van der Waals surface area (Å²) in [4.78, 5) is 9.51. The molecule has 0 heterocycles. The third kappa shape index (κ3) is 1.71. The van der Waals surface area contributed by atoms with Gasteiger partial charge in [-0.3, -0.25) is 10.1 Å². The molecule has 4 N–H and O–H groups in total. The fourth-order valence-electron chi connectivity index (χ4n) is 1.11. The molecule has 0 aliphatic rings. The molecule has 0 bridgehead atoms. The van der Waals surface area contributed by atoms with Crippen molar-refractivity contribution in [1.82, 2.24) is 0 Å². The Hall–Kier alpha value is -2.18. The Balaban J connectivity index is 3.63. The second kappa shape index (κ2) is 3.52. The van der Waals surface area contributed by atoms with Crippen molar-refractivity contribution >= 4 is 17.1 Å². The molecule has 0 amide bonds. The number of nitrogens with zero attached hydrogens (tertiary/aromatic N) is 1. The zero-order valence-electron chi connectivity index (χ0n) is 7.74. The highest BCUT2D eigenvalue weighted by molar-refractivity contribution is 6.01. The lowest BCUT2D eigenvalue weighted by atomic mass is 10.1. The van der Waals surface area contributed by atoms with Crippen LogP contribution in [0.25, 0.3) is 0 Å². The number of nitrogens with two attached hydrogens (primary N) is 1. The summed E-state index contributed by atoms with van der Waals surface area (Å²) < 4.78 is 13.1. The van der Waals surface area contributed by atoms with Gasteiger partial charge < -0.3 is 16.2 Å². The van der Waals surface area contributed by atoms with Crippen LogP contribution in [-0.2, 0) is 0 Å². The van der Waals surface area contributed by atoms with Crippen molar-refractivity contribution in [2.24, 2.45) is 0 Å². The van der Waals surface area contributed by atoms with Crippen molar-refractivity contribution in [1.29, 1.82) is 5.41 Å². The topological polar surface area (TPSA) is 113 Å². The normalized spacial score (nSPS) is 10.0. The predicted molar refractivity (Wildman–Crippen MR) is 51.6 cm³/mol. The van der Waals surface area contributed by atoms with Gasteiger partial charge in [0.05, 0.1) is 4.92 Å². The number of phenolic OH excluding ortho intramolecular Hbond substituents is 1. The predicted octanol–water partition coefficient (Wildman–Crippen LogP) is 1.41. The van der Waals surface area contributed by atoms with E-state index in [1.54, 1.807) is 0 Å². The van der Waals surface area contributed by atoms with E-state index in [1.807, 2.05) is 0 Å².